The van der Waals surface area contributed by atoms with E-state index in [9.17, 15) is 15.0 Å². The summed E-state index contributed by atoms with van der Waals surface area (Å²) in [5.41, 5.74) is 0. The average molecular weight is 798 g/mol. The molecule has 0 fully saturated rings. The minimum Gasteiger partial charge on any atom is -0.394 e. The number of hydrogen-bond donors (Lipinski definition) is 3. The number of hydrogen-bond acceptors (Lipinski definition) is 3. The van der Waals surface area contributed by atoms with E-state index in [0.717, 1.165) is 57.8 Å². The lowest BCUT2D eigenvalue weighted by Gasteiger charge is -2.22. The maximum absolute atomic E-state index is 12.3. The van der Waals surface area contributed by atoms with Crippen molar-refractivity contribution in [3.05, 3.63) is 48.6 Å². The van der Waals surface area contributed by atoms with Crippen LogP contribution in [0.15, 0.2) is 48.6 Å². The van der Waals surface area contributed by atoms with Gasteiger partial charge in [-0.15, -0.1) is 0 Å². The zero-order valence-electron chi connectivity index (χ0n) is 38.4. The molecular formula is C53H99NO3. The Bertz CT molecular complexity index is 908. The molecule has 1 amide bonds. The number of nitrogens with one attached hydrogen (secondary N) is 1. The highest BCUT2D eigenvalue weighted by atomic mass is 16.3. The number of aliphatic hydroxyl groups excluding tert-OH is 2. The summed E-state index contributed by atoms with van der Waals surface area (Å²) in [6, 6.07) is -0.529. The first-order chi connectivity index (χ1) is 28.2. The lowest BCUT2D eigenvalue weighted by atomic mass is 10.0. The van der Waals surface area contributed by atoms with Crippen LogP contribution in [-0.4, -0.2) is 34.9 Å². The van der Waals surface area contributed by atoms with Gasteiger partial charge < -0.3 is 15.5 Å². The van der Waals surface area contributed by atoms with Crippen molar-refractivity contribution >= 4 is 5.91 Å². The van der Waals surface area contributed by atoms with Gasteiger partial charge in [0.15, 0.2) is 0 Å². The van der Waals surface area contributed by atoms with Crippen molar-refractivity contribution in [1.29, 1.82) is 0 Å². The molecule has 0 saturated carbocycles. The molecule has 4 nitrogen and oxygen atoms in total. The van der Waals surface area contributed by atoms with Crippen molar-refractivity contribution in [2.45, 2.75) is 276 Å². The second-order valence-electron chi connectivity index (χ2n) is 17.2. The average Bonchev–Trinajstić information content (AvgIpc) is 3.22. The van der Waals surface area contributed by atoms with E-state index in [0.29, 0.717) is 12.8 Å². The molecule has 0 aliphatic rings. The normalized spacial score (nSPS) is 13.3. The van der Waals surface area contributed by atoms with Crippen molar-refractivity contribution in [2.75, 3.05) is 6.61 Å². The monoisotopic (exact) mass is 798 g/mol. The Hall–Kier alpha value is -1.65. The van der Waals surface area contributed by atoms with E-state index in [1.165, 1.54) is 180 Å². The molecule has 0 rings (SSSR count). The van der Waals surface area contributed by atoms with Gasteiger partial charge in [0.2, 0.25) is 5.91 Å². The minimum atomic E-state index is -0.652. The molecule has 3 N–H and O–H groups in total. The Morgan fingerprint density at radius 2 is 0.772 bits per heavy atom. The summed E-state index contributed by atoms with van der Waals surface area (Å²) in [4.78, 5) is 12.3. The smallest absolute Gasteiger partial charge is 0.220 e. The number of rotatable bonds is 46. The van der Waals surface area contributed by atoms with Gasteiger partial charge in [-0.25, -0.2) is 0 Å². The van der Waals surface area contributed by atoms with Crippen molar-refractivity contribution in [1.82, 2.24) is 5.32 Å². The standard InChI is InChI=1S/C53H99NO3/c1-3-5-7-9-10-11-12-13-14-15-16-17-18-19-20-21-22-23-24-25-26-27-28-29-30-31-32-33-34-35-36-37-38-39-40-41-42-43-44-45-47-49-53(57)54-51(50-55)52(56)48-46-8-6-4-2/h5,7,10-11,13-14,16-17,51-52,55-56H,3-4,6,8-9,12,15,18-50H2,1-2H3,(H,54,57)/b7-5-,11-10-,14-13-,17-16-. The van der Waals surface area contributed by atoms with Crippen LogP contribution >= 0.6 is 0 Å². The maximum Gasteiger partial charge on any atom is 0.220 e. The molecule has 0 aliphatic carbocycles. The second-order valence-corrected chi connectivity index (χ2v) is 17.2. The number of amides is 1. The van der Waals surface area contributed by atoms with E-state index in [-0.39, 0.29) is 12.5 Å². The topological polar surface area (TPSA) is 69.6 Å². The number of carbonyl (C=O) groups excluding carboxylic acids is 1. The van der Waals surface area contributed by atoms with Gasteiger partial charge in [-0.3, -0.25) is 4.79 Å². The molecule has 2 unspecified atom stereocenters. The predicted octanol–water partition coefficient (Wildman–Crippen LogP) is 16.3. The van der Waals surface area contributed by atoms with Crippen molar-refractivity contribution < 1.29 is 15.0 Å². The fourth-order valence-corrected chi connectivity index (χ4v) is 7.77. The van der Waals surface area contributed by atoms with Gasteiger partial charge in [-0.2, -0.15) is 0 Å². The molecule has 0 heterocycles. The summed E-state index contributed by atoms with van der Waals surface area (Å²) in [7, 11) is 0. The highest BCUT2D eigenvalue weighted by Gasteiger charge is 2.19. The van der Waals surface area contributed by atoms with Crippen LogP contribution in [0.1, 0.15) is 264 Å². The van der Waals surface area contributed by atoms with E-state index in [4.69, 9.17) is 0 Å². The zero-order valence-corrected chi connectivity index (χ0v) is 38.4. The first-order valence-electron chi connectivity index (χ1n) is 25.3. The van der Waals surface area contributed by atoms with Crippen molar-refractivity contribution in [3.63, 3.8) is 0 Å². The van der Waals surface area contributed by atoms with E-state index in [2.05, 4.69) is 67.8 Å². The molecule has 0 bridgehead atoms. The highest BCUT2D eigenvalue weighted by molar-refractivity contribution is 5.76. The number of allylic oxidation sites excluding steroid dienone is 8. The molecule has 0 saturated heterocycles. The molecule has 0 aromatic heterocycles. The Morgan fingerprint density at radius 1 is 0.439 bits per heavy atom. The maximum atomic E-state index is 12.3. The van der Waals surface area contributed by atoms with E-state index in [1.807, 2.05) is 0 Å². The lowest BCUT2D eigenvalue weighted by Crippen LogP contribution is -2.45. The summed E-state index contributed by atoms with van der Waals surface area (Å²) in [6.45, 7) is 4.15. The Kier molecular flexibility index (Phi) is 47.3. The van der Waals surface area contributed by atoms with E-state index >= 15 is 0 Å². The van der Waals surface area contributed by atoms with Crippen LogP contribution in [0.25, 0.3) is 0 Å². The number of aliphatic hydroxyl groups is 2. The van der Waals surface area contributed by atoms with Crippen LogP contribution in [-0.2, 0) is 4.79 Å². The van der Waals surface area contributed by atoms with Crippen molar-refractivity contribution in [3.8, 4) is 0 Å². The third-order valence-corrected chi connectivity index (χ3v) is 11.6. The van der Waals surface area contributed by atoms with Crippen LogP contribution in [0.5, 0.6) is 0 Å². The third kappa shape index (κ3) is 45.3. The van der Waals surface area contributed by atoms with Gasteiger partial charge in [0, 0.05) is 6.42 Å². The largest absolute Gasteiger partial charge is 0.394 e. The van der Waals surface area contributed by atoms with Gasteiger partial charge in [-0.1, -0.05) is 255 Å². The van der Waals surface area contributed by atoms with Crippen LogP contribution in [0, 0.1) is 0 Å². The molecule has 2 atom stereocenters. The molecule has 4 heteroatoms. The van der Waals surface area contributed by atoms with Crippen molar-refractivity contribution in [2.24, 2.45) is 0 Å². The van der Waals surface area contributed by atoms with Gasteiger partial charge in [-0.05, 0) is 51.4 Å². The fourth-order valence-electron chi connectivity index (χ4n) is 7.77. The van der Waals surface area contributed by atoms with Crippen LogP contribution in [0.4, 0.5) is 0 Å². The highest BCUT2D eigenvalue weighted by Crippen LogP contribution is 2.17. The van der Waals surface area contributed by atoms with Crippen LogP contribution in [0.2, 0.25) is 0 Å². The Morgan fingerprint density at radius 3 is 1.14 bits per heavy atom. The van der Waals surface area contributed by atoms with E-state index < -0.39 is 12.1 Å². The fraction of sp³-hybridized carbons (Fsp3) is 0.830. The van der Waals surface area contributed by atoms with Gasteiger partial charge >= 0.3 is 0 Å². The molecule has 0 radical (unpaired) electrons. The third-order valence-electron chi connectivity index (χ3n) is 11.6. The number of unbranched alkanes of at least 4 members (excludes halogenated alkanes) is 31. The molecule has 0 spiro atoms. The summed E-state index contributed by atoms with van der Waals surface area (Å²) in [6.07, 6.45) is 67.3. The Labute approximate surface area is 356 Å². The molecule has 0 aromatic carbocycles. The lowest BCUT2D eigenvalue weighted by molar-refractivity contribution is -0.123. The van der Waals surface area contributed by atoms with Gasteiger partial charge in [0.1, 0.15) is 0 Å². The first-order valence-corrected chi connectivity index (χ1v) is 25.3. The predicted molar refractivity (Wildman–Crippen MR) is 253 cm³/mol. The summed E-state index contributed by atoms with van der Waals surface area (Å²) >= 11 is 0. The minimum absolute atomic E-state index is 0.0369. The second kappa shape index (κ2) is 48.7. The summed E-state index contributed by atoms with van der Waals surface area (Å²) in [5, 5.41) is 22.7. The zero-order chi connectivity index (χ0) is 41.4. The molecule has 0 aliphatic heterocycles. The SMILES string of the molecule is CC/C=C\C/C=C\C/C=C\C/C=C\CCCCCCCCCCCCCCCCCCCCCCCCCCCCCCC(=O)NC(CO)C(O)CCCCCC. The van der Waals surface area contributed by atoms with E-state index in [1.54, 1.807) is 0 Å². The summed E-state index contributed by atoms with van der Waals surface area (Å²) < 4.78 is 0. The Balaban J connectivity index is 3.27. The van der Waals surface area contributed by atoms with Gasteiger partial charge in [0.05, 0.1) is 18.8 Å². The molecular weight excluding hydrogens is 699 g/mol. The first kappa shape index (κ1) is 55.4. The molecule has 57 heavy (non-hydrogen) atoms. The van der Waals surface area contributed by atoms with Gasteiger partial charge in [0.25, 0.3) is 0 Å². The molecule has 0 aromatic rings. The van der Waals surface area contributed by atoms with Crippen LogP contribution < -0.4 is 5.32 Å². The summed E-state index contributed by atoms with van der Waals surface area (Å²) in [5.74, 6) is -0.0369. The quantitative estimate of drug-likeness (QED) is 0.0424. The number of carbonyl (C=O) groups is 1. The molecule has 334 valence electrons. The van der Waals surface area contributed by atoms with Crippen LogP contribution in [0.3, 0.4) is 0 Å².